The van der Waals surface area contributed by atoms with E-state index in [-0.39, 0.29) is 10.6 Å². The fourth-order valence-electron chi connectivity index (χ4n) is 3.81. The van der Waals surface area contributed by atoms with Gasteiger partial charge in [0.2, 0.25) is 10.0 Å². The Morgan fingerprint density at radius 1 is 0.933 bits per heavy atom. The number of hydrogen-bond donors (Lipinski definition) is 1. The van der Waals surface area contributed by atoms with Crippen molar-refractivity contribution in [2.24, 2.45) is 0 Å². The Kier molecular flexibility index (Phi) is 5.46. The third-order valence-electron chi connectivity index (χ3n) is 5.24. The Hall–Kier alpha value is -2.58. The molecule has 6 nitrogen and oxygen atoms in total. The van der Waals surface area contributed by atoms with Crippen LogP contribution in [0.15, 0.2) is 65.6 Å². The molecule has 0 spiro atoms. The standard InChI is InChI=1S/C22H24N2O4S2/c1-2-14-29(25,26)24-13-5-8-18-9-11-20(16-22(18)24)23-30(27,28)21-12-10-17-6-3-4-7-19(17)15-21/h3-4,6-7,9-12,15-16,23H,2,5,8,13-14H2,1H3. The minimum Gasteiger partial charge on any atom is -0.280 e. The lowest BCUT2D eigenvalue weighted by molar-refractivity contribution is 0.585. The highest BCUT2D eigenvalue weighted by atomic mass is 32.2. The lowest BCUT2D eigenvalue weighted by atomic mass is 10.0. The van der Waals surface area contributed by atoms with Gasteiger partial charge in [0.25, 0.3) is 10.0 Å². The summed E-state index contributed by atoms with van der Waals surface area (Å²) in [7, 11) is -7.24. The minimum absolute atomic E-state index is 0.0689. The number of aryl methyl sites for hydroxylation is 1. The zero-order valence-electron chi connectivity index (χ0n) is 16.7. The molecule has 0 unspecified atom stereocenters. The largest absolute Gasteiger partial charge is 0.280 e. The van der Waals surface area contributed by atoms with Crippen LogP contribution in [0.5, 0.6) is 0 Å². The summed E-state index contributed by atoms with van der Waals surface area (Å²) in [6.07, 6.45) is 2.05. The van der Waals surface area contributed by atoms with Gasteiger partial charge in [0.1, 0.15) is 0 Å². The molecule has 30 heavy (non-hydrogen) atoms. The van der Waals surface area contributed by atoms with Crippen molar-refractivity contribution in [3.63, 3.8) is 0 Å². The molecule has 1 aliphatic heterocycles. The zero-order chi connectivity index (χ0) is 21.4. The minimum atomic E-state index is -3.81. The van der Waals surface area contributed by atoms with Crippen molar-refractivity contribution < 1.29 is 16.8 Å². The van der Waals surface area contributed by atoms with Crippen molar-refractivity contribution in [2.75, 3.05) is 21.3 Å². The number of hydrogen-bond acceptors (Lipinski definition) is 4. The van der Waals surface area contributed by atoms with E-state index in [9.17, 15) is 16.8 Å². The van der Waals surface area contributed by atoms with Crippen molar-refractivity contribution in [2.45, 2.75) is 31.1 Å². The van der Waals surface area contributed by atoms with Crippen LogP contribution in [0.1, 0.15) is 25.3 Å². The number of sulfonamides is 2. The molecule has 0 aromatic heterocycles. The summed E-state index contributed by atoms with van der Waals surface area (Å²) in [5, 5.41) is 1.80. The van der Waals surface area contributed by atoms with E-state index in [4.69, 9.17) is 0 Å². The molecule has 0 saturated heterocycles. The fourth-order valence-corrected chi connectivity index (χ4v) is 6.51. The van der Waals surface area contributed by atoms with Crippen LogP contribution in [-0.4, -0.2) is 29.1 Å². The summed E-state index contributed by atoms with van der Waals surface area (Å²) in [5.41, 5.74) is 1.82. The molecule has 0 atom stereocenters. The van der Waals surface area contributed by atoms with E-state index in [1.54, 1.807) is 36.4 Å². The first kappa shape index (κ1) is 20.7. The highest BCUT2D eigenvalue weighted by molar-refractivity contribution is 7.93. The second-order valence-corrected chi connectivity index (χ2v) is 11.1. The van der Waals surface area contributed by atoms with Crippen LogP contribution in [0, 0.1) is 0 Å². The van der Waals surface area contributed by atoms with Crippen LogP contribution in [0.2, 0.25) is 0 Å². The van der Waals surface area contributed by atoms with Gasteiger partial charge in [-0.05, 0) is 59.9 Å². The topological polar surface area (TPSA) is 83.6 Å². The number of fused-ring (bicyclic) bond motifs is 2. The number of nitrogens with one attached hydrogen (secondary N) is 1. The number of nitrogens with zero attached hydrogens (tertiary/aromatic N) is 1. The van der Waals surface area contributed by atoms with Crippen LogP contribution in [0.25, 0.3) is 10.8 Å². The van der Waals surface area contributed by atoms with Crippen LogP contribution >= 0.6 is 0 Å². The van der Waals surface area contributed by atoms with E-state index in [1.165, 1.54) is 4.31 Å². The van der Waals surface area contributed by atoms with Gasteiger partial charge in [-0.25, -0.2) is 16.8 Å². The number of anilines is 2. The maximum absolute atomic E-state index is 13.0. The van der Waals surface area contributed by atoms with Crippen LogP contribution in [0.4, 0.5) is 11.4 Å². The summed E-state index contributed by atoms with van der Waals surface area (Å²) in [4.78, 5) is 0.161. The second-order valence-electron chi connectivity index (χ2n) is 7.45. The van der Waals surface area contributed by atoms with E-state index >= 15 is 0 Å². The van der Waals surface area contributed by atoms with E-state index < -0.39 is 20.0 Å². The number of benzene rings is 3. The predicted molar refractivity (Wildman–Crippen MR) is 121 cm³/mol. The third kappa shape index (κ3) is 4.02. The normalized spacial score (nSPS) is 14.5. The van der Waals surface area contributed by atoms with Gasteiger partial charge >= 0.3 is 0 Å². The van der Waals surface area contributed by atoms with Gasteiger partial charge in [-0.3, -0.25) is 9.03 Å². The van der Waals surface area contributed by atoms with Crippen molar-refractivity contribution in [1.29, 1.82) is 0 Å². The number of rotatable bonds is 6. The highest BCUT2D eigenvalue weighted by Gasteiger charge is 2.27. The average Bonchev–Trinajstić information content (AvgIpc) is 2.72. The van der Waals surface area contributed by atoms with E-state index in [0.717, 1.165) is 29.2 Å². The predicted octanol–water partition coefficient (Wildman–Crippen LogP) is 4.13. The molecule has 0 aliphatic carbocycles. The summed E-state index contributed by atoms with van der Waals surface area (Å²) in [6, 6.07) is 17.7. The lowest BCUT2D eigenvalue weighted by Gasteiger charge is -2.31. The van der Waals surface area contributed by atoms with Gasteiger partial charge in [-0.15, -0.1) is 0 Å². The van der Waals surface area contributed by atoms with Gasteiger partial charge < -0.3 is 0 Å². The molecule has 3 aromatic rings. The summed E-state index contributed by atoms with van der Waals surface area (Å²) in [6.45, 7) is 2.24. The van der Waals surface area contributed by atoms with Gasteiger partial charge in [0.05, 0.1) is 22.0 Å². The lowest BCUT2D eigenvalue weighted by Crippen LogP contribution is -2.37. The molecule has 0 radical (unpaired) electrons. The molecule has 0 saturated carbocycles. The van der Waals surface area contributed by atoms with Crippen LogP contribution < -0.4 is 9.03 Å². The quantitative estimate of drug-likeness (QED) is 0.620. The van der Waals surface area contributed by atoms with Crippen molar-refractivity contribution in [3.05, 3.63) is 66.2 Å². The molecule has 158 valence electrons. The first-order valence-electron chi connectivity index (χ1n) is 9.95. The molecule has 1 heterocycles. The van der Waals surface area contributed by atoms with E-state index in [0.29, 0.717) is 24.3 Å². The van der Waals surface area contributed by atoms with Crippen LogP contribution in [-0.2, 0) is 26.5 Å². The first-order chi connectivity index (χ1) is 14.3. The van der Waals surface area contributed by atoms with Crippen LogP contribution in [0.3, 0.4) is 0 Å². The first-order valence-corrected chi connectivity index (χ1v) is 13.0. The molecule has 4 rings (SSSR count). The van der Waals surface area contributed by atoms with E-state index in [2.05, 4.69) is 4.72 Å². The maximum atomic E-state index is 13.0. The van der Waals surface area contributed by atoms with Gasteiger partial charge in [0.15, 0.2) is 0 Å². The van der Waals surface area contributed by atoms with E-state index in [1.807, 2.05) is 31.2 Å². The zero-order valence-corrected chi connectivity index (χ0v) is 18.3. The third-order valence-corrected chi connectivity index (χ3v) is 8.60. The second kappa shape index (κ2) is 7.92. The fraction of sp³-hybridized carbons (Fsp3) is 0.273. The highest BCUT2D eigenvalue weighted by Crippen LogP contribution is 2.33. The maximum Gasteiger partial charge on any atom is 0.261 e. The molecule has 1 N–H and O–H groups in total. The summed E-state index contributed by atoms with van der Waals surface area (Å²) in [5.74, 6) is 0.0689. The molecule has 3 aromatic carbocycles. The van der Waals surface area contributed by atoms with Gasteiger partial charge in [-0.2, -0.15) is 0 Å². The van der Waals surface area contributed by atoms with Crippen molar-refractivity contribution in [3.8, 4) is 0 Å². The summed E-state index contributed by atoms with van der Waals surface area (Å²) >= 11 is 0. The van der Waals surface area contributed by atoms with Crippen molar-refractivity contribution in [1.82, 2.24) is 0 Å². The monoisotopic (exact) mass is 444 g/mol. The Bertz CT molecular complexity index is 1300. The molecular weight excluding hydrogens is 420 g/mol. The molecule has 1 aliphatic rings. The summed E-state index contributed by atoms with van der Waals surface area (Å²) < 4.78 is 55.3. The molecule has 0 fully saturated rings. The smallest absolute Gasteiger partial charge is 0.261 e. The SMILES string of the molecule is CCCS(=O)(=O)N1CCCc2ccc(NS(=O)(=O)c3ccc4ccccc4c3)cc21. The molecular formula is C22H24N2O4S2. The van der Waals surface area contributed by atoms with Crippen molar-refractivity contribution >= 4 is 42.2 Å². The van der Waals surface area contributed by atoms with Gasteiger partial charge in [0, 0.05) is 6.54 Å². The molecule has 0 amide bonds. The molecule has 0 bridgehead atoms. The average molecular weight is 445 g/mol. The molecule has 8 heteroatoms. The Balaban J connectivity index is 1.68. The Labute approximate surface area is 177 Å². The Morgan fingerprint density at radius 2 is 1.70 bits per heavy atom. The van der Waals surface area contributed by atoms with Gasteiger partial charge in [-0.1, -0.05) is 43.3 Å². The Morgan fingerprint density at radius 3 is 2.47 bits per heavy atom.